The molecule has 4 nitrogen and oxygen atoms in total. The van der Waals surface area contributed by atoms with Crippen LogP contribution in [-0.2, 0) is 6.54 Å². The molecular weight excluding hydrogens is 298 g/mol. The molecule has 2 N–H and O–H groups in total. The zero-order chi connectivity index (χ0) is 16.9. The highest BCUT2D eigenvalue weighted by molar-refractivity contribution is 5.80. The molecule has 2 aromatic rings. The first-order valence-electron chi connectivity index (χ1n) is 9.29. The van der Waals surface area contributed by atoms with Crippen LogP contribution in [-0.4, -0.2) is 58.7 Å². The van der Waals surface area contributed by atoms with Crippen molar-refractivity contribution in [3.8, 4) is 0 Å². The van der Waals surface area contributed by atoms with E-state index in [-0.39, 0.29) is 6.61 Å². The lowest BCUT2D eigenvalue weighted by Crippen LogP contribution is -2.53. The van der Waals surface area contributed by atoms with Gasteiger partial charge in [0.1, 0.15) is 0 Å². The van der Waals surface area contributed by atoms with Crippen LogP contribution in [0.4, 0.5) is 0 Å². The molecule has 0 saturated carbocycles. The summed E-state index contributed by atoms with van der Waals surface area (Å²) in [5.74, 6) is 0.740. The number of nitrogens with zero attached hydrogens (tertiary/aromatic N) is 2. The van der Waals surface area contributed by atoms with Gasteiger partial charge in [-0.05, 0) is 42.8 Å². The number of rotatable bonds is 7. The fourth-order valence-corrected chi connectivity index (χ4v) is 3.70. The van der Waals surface area contributed by atoms with Crippen molar-refractivity contribution in [2.75, 3.05) is 32.8 Å². The first-order valence-corrected chi connectivity index (χ1v) is 9.29. The molecule has 0 bridgehead atoms. The second kappa shape index (κ2) is 8.15. The SMILES string of the molecule is CC(C)CCN1CCN(Cc2cc3ccccc3[nH]2)C[C@@H]1CCO. The molecule has 1 atom stereocenters. The Labute approximate surface area is 145 Å². The normalized spacial score (nSPS) is 20.2. The number of aliphatic hydroxyl groups excluding tert-OH is 1. The van der Waals surface area contributed by atoms with Crippen molar-refractivity contribution in [2.45, 2.75) is 39.3 Å². The van der Waals surface area contributed by atoms with Crippen molar-refractivity contribution in [1.82, 2.24) is 14.8 Å². The number of benzene rings is 1. The largest absolute Gasteiger partial charge is 0.396 e. The van der Waals surface area contributed by atoms with Gasteiger partial charge < -0.3 is 10.1 Å². The van der Waals surface area contributed by atoms with Gasteiger partial charge in [-0.3, -0.25) is 9.80 Å². The summed E-state index contributed by atoms with van der Waals surface area (Å²) in [4.78, 5) is 8.64. The highest BCUT2D eigenvalue weighted by Gasteiger charge is 2.26. The fourth-order valence-electron chi connectivity index (χ4n) is 3.70. The Hall–Kier alpha value is -1.36. The molecule has 2 heterocycles. The third-order valence-electron chi connectivity index (χ3n) is 5.12. The minimum absolute atomic E-state index is 0.281. The summed E-state index contributed by atoms with van der Waals surface area (Å²) in [5, 5.41) is 10.7. The zero-order valence-electron chi connectivity index (χ0n) is 15.0. The van der Waals surface area contributed by atoms with Gasteiger partial charge >= 0.3 is 0 Å². The van der Waals surface area contributed by atoms with Gasteiger partial charge in [0.25, 0.3) is 0 Å². The van der Waals surface area contributed by atoms with E-state index in [1.165, 1.54) is 23.0 Å². The van der Waals surface area contributed by atoms with Crippen LogP contribution < -0.4 is 0 Å². The van der Waals surface area contributed by atoms with Crippen LogP contribution in [0.15, 0.2) is 30.3 Å². The van der Waals surface area contributed by atoms with E-state index in [9.17, 15) is 5.11 Å². The molecule has 1 saturated heterocycles. The maximum atomic E-state index is 9.43. The lowest BCUT2D eigenvalue weighted by molar-refractivity contribution is 0.0519. The van der Waals surface area contributed by atoms with Gasteiger partial charge in [0, 0.05) is 50.0 Å². The topological polar surface area (TPSA) is 42.5 Å². The van der Waals surface area contributed by atoms with Gasteiger partial charge in [0.2, 0.25) is 0 Å². The predicted molar refractivity (Wildman–Crippen MR) is 100 cm³/mol. The molecule has 1 aromatic carbocycles. The van der Waals surface area contributed by atoms with Gasteiger partial charge in [-0.2, -0.15) is 0 Å². The predicted octanol–water partition coefficient (Wildman–Crippen LogP) is 3.08. The summed E-state index contributed by atoms with van der Waals surface area (Å²) in [6.07, 6.45) is 2.12. The number of hydrogen-bond acceptors (Lipinski definition) is 3. The quantitative estimate of drug-likeness (QED) is 0.820. The van der Waals surface area contributed by atoms with Crippen molar-refractivity contribution in [1.29, 1.82) is 0 Å². The number of H-pyrrole nitrogens is 1. The van der Waals surface area contributed by atoms with Crippen molar-refractivity contribution in [3.05, 3.63) is 36.0 Å². The number of aromatic nitrogens is 1. The standard InChI is InChI=1S/C20H31N3O/c1-16(2)7-9-23-11-10-22(15-19(23)8-12-24)14-18-13-17-5-3-4-6-20(17)21-18/h3-6,13,16,19,21,24H,7-12,14-15H2,1-2H3/t19-/m0/s1. The van der Waals surface area contributed by atoms with Gasteiger partial charge in [-0.1, -0.05) is 32.0 Å². The summed E-state index contributed by atoms with van der Waals surface area (Å²) in [7, 11) is 0. The summed E-state index contributed by atoms with van der Waals surface area (Å²) < 4.78 is 0. The molecule has 1 fully saturated rings. The Morgan fingerprint density at radius 2 is 2.08 bits per heavy atom. The second-order valence-electron chi connectivity index (χ2n) is 7.50. The molecule has 4 heteroatoms. The zero-order valence-corrected chi connectivity index (χ0v) is 15.0. The molecule has 0 spiro atoms. The monoisotopic (exact) mass is 329 g/mol. The molecule has 3 rings (SSSR count). The first kappa shape index (κ1) is 17.5. The van der Waals surface area contributed by atoms with Crippen LogP contribution in [0.1, 0.15) is 32.4 Å². The van der Waals surface area contributed by atoms with E-state index in [1.54, 1.807) is 0 Å². The van der Waals surface area contributed by atoms with Crippen molar-refractivity contribution >= 4 is 10.9 Å². The summed E-state index contributed by atoms with van der Waals surface area (Å²) >= 11 is 0. The lowest BCUT2D eigenvalue weighted by atomic mass is 10.1. The molecule has 132 valence electrons. The van der Waals surface area contributed by atoms with E-state index in [0.717, 1.165) is 45.1 Å². The Balaban J connectivity index is 1.61. The average molecular weight is 329 g/mol. The number of aromatic amines is 1. The number of para-hydroxylation sites is 1. The number of aliphatic hydroxyl groups is 1. The van der Waals surface area contributed by atoms with Gasteiger partial charge in [0.15, 0.2) is 0 Å². The summed E-state index contributed by atoms with van der Waals surface area (Å²) in [5.41, 5.74) is 2.50. The van der Waals surface area contributed by atoms with Crippen LogP contribution >= 0.6 is 0 Å². The van der Waals surface area contributed by atoms with E-state index < -0.39 is 0 Å². The van der Waals surface area contributed by atoms with Gasteiger partial charge in [0.05, 0.1) is 0 Å². The van der Waals surface area contributed by atoms with E-state index in [1.807, 2.05) is 0 Å². The third-order valence-corrected chi connectivity index (χ3v) is 5.12. The van der Waals surface area contributed by atoms with E-state index >= 15 is 0 Å². The van der Waals surface area contributed by atoms with E-state index in [0.29, 0.717) is 6.04 Å². The molecule has 24 heavy (non-hydrogen) atoms. The molecule has 0 aliphatic carbocycles. The minimum Gasteiger partial charge on any atom is -0.396 e. The van der Waals surface area contributed by atoms with Crippen LogP contribution in [0, 0.1) is 5.92 Å². The van der Waals surface area contributed by atoms with Crippen LogP contribution in [0.25, 0.3) is 10.9 Å². The van der Waals surface area contributed by atoms with Crippen molar-refractivity contribution in [3.63, 3.8) is 0 Å². The molecular formula is C20H31N3O. The summed E-state index contributed by atoms with van der Waals surface area (Å²) in [6, 6.07) is 11.2. The van der Waals surface area contributed by atoms with Gasteiger partial charge in [-0.15, -0.1) is 0 Å². The third kappa shape index (κ3) is 4.38. The molecule has 1 aliphatic heterocycles. The maximum Gasteiger partial charge on any atom is 0.0456 e. The first-order chi connectivity index (χ1) is 11.7. The smallest absolute Gasteiger partial charge is 0.0456 e. The number of fused-ring (bicyclic) bond motifs is 1. The van der Waals surface area contributed by atoms with Crippen LogP contribution in [0.5, 0.6) is 0 Å². The van der Waals surface area contributed by atoms with E-state index in [4.69, 9.17) is 0 Å². The second-order valence-corrected chi connectivity index (χ2v) is 7.50. The number of hydrogen-bond donors (Lipinski definition) is 2. The molecule has 1 aliphatic rings. The van der Waals surface area contributed by atoms with E-state index in [2.05, 4.69) is 59.0 Å². The van der Waals surface area contributed by atoms with Crippen LogP contribution in [0.2, 0.25) is 0 Å². The Bertz CT molecular complexity index is 604. The number of piperazine rings is 1. The highest BCUT2D eigenvalue weighted by Crippen LogP contribution is 2.19. The van der Waals surface area contributed by atoms with Gasteiger partial charge in [-0.25, -0.2) is 0 Å². The Morgan fingerprint density at radius 1 is 1.25 bits per heavy atom. The Morgan fingerprint density at radius 3 is 2.83 bits per heavy atom. The molecule has 0 radical (unpaired) electrons. The Kier molecular flexibility index (Phi) is 5.93. The fraction of sp³-hybridized carbons (Fsp3) is 0.600. The average Bonchev–Trinajstić information content (AvgIpc) is 2.96. The molecule has 0 amide bonds. The summed E-state index contributed by atoms with van der Waals surface area (Å²) in [6.45, 7) is 10.2. The highest BCUT2D eigenvalue weighted by atomic mass is 16.3. The lowest BCUT2D eigenvalue weighted by Gasteiger charge is -2.41. The van der Waals surface area contributed by atoms with Crippen molar-refractivity contribution < 1.29 is 5.11 Å². The van der Waals surface area contributed by atoms with Crippen LogP contribution in [0.3, 0.4) is 0 Å². The molecule has 0 unspecified atom stereocenters. The minimum atomic E-state index is 0.281. The molecule has 1 aromatic heterocycles. The van der Waals surface area contributed by atoms with Crippen molar-refractivity contribution in [2.24, 2.45) is 5.92 Å². The number of nitrogens with one attached hydrogen (secondary N) is 1. The maximum absolute atomic E-state index is 9.43.